The van der Waals surface area contributed by atoms with E-state index in [0.717, 1.165) is 6.54 Å². The lowest BCUT2D eigenvalue weighted by Crippen LogP contribution is -2.38. The summed E-state index contributed by atoms with van der Waals surface area (Å²) in [7, 11) is 0. The maximum atomic E-state index is 10.6. The molecule has 0 spiro atoms. The fraction of sp³-hybridized carbons (Fsp3) is 0.857. The Kier molecular flexibility index (Phi) is 1.68. The number of hydrogen-bond donors (Lipinski definition) is 0. The number of rotatable bonds is 0. The second kappa shape index (κ2) is 2.23. The zero-order valence-electron chi connectivity index (χ0n) is 6.68. The lowest BCUT2D eigenvalue weighted by molar-refractivity contribution is -0.189. The third-order valence-corrected chi connectivity index (χ3v) is 1.48. The quantitative estimate of drug-likeness (QED) is 0.505. The molecule has 10 heavy (non-hydrogen) atoms. The van der Waals surface area contributed by atoms with E-state index in [2.05, 4.69) is 0 Å². The van der Waals surface area contributed by atoms with E-state index in [0.29, 0.717) is 6.42 Å². The van der Waals surface area contributed by atoms with Crippen LogP contribution in [0, 0.1) is 0 Å². The predicted molar refractivity (Wildman–Crippen MR) is 37.2 cm³/mol. The summed E-state index contributed by atoms with van der Waals surface area (Å²) < 4.78 is 0. The Labute approximate surface area is 60.9 Å². The number of hydroxylamine groups is 2. The van der Waals surface area contributed by atoms with Gasteiger partial charge in [0.25, 0.3) is 0 Å². The zero-order valence-corrected chi connectivity index (χ0v) is 6.68. The molecule has 0 atom stereocenters. The molecule has 0 aromatic rings. The van der Waals surface area contributed by atoms with Crippen LogP contribution in [0.2, 0.25) is 0 Å². The minimum Gasteiger partial charge on any atom is -0.367 e. The van der Waals surface area contributed by atoms with E-state index < -0.39 is 0 Å². The Hall–Kier alpha value is -0.570. The van der Waals surface area contributed by atoms with E-state index in [1.165, 1.54) is 0 Å². The second-order valence-corrected chi connectivity index (χ2v) is 3.49. The molecule has 0 aromatic heterocycles. The Bertz CT molecular complexity index is 148. The topological polar surface area (TPSA) is 29.5 Å². The highest BCUT2D eigenvalue weighted by molar-refractivity contribution is 5.70. The maximum absolute atomic E-state index is 10.6. The van der Waals surface area contributed by atoms with E-state index in [9.17, 15) is 4.79 Å². The first kappa shape index (κ1) is 7.54. The summed E-state index contributed by atoms with van der Waals surface area (Å²) in [5.74, 6) is -0.116. The van der Waals surface area contributed by atoms with Crippen molar-refractivity contribution in [3.8, 4) is 0 Å². The monoisotopic (exact) mass is 143 g/mol. The molecule has 0 radical (unpaired) electrons. The molecule has 0 N–H and O–H groups in total. The van der Waals surface area contributed by atoms with E-state index in [1.807, 2.05) is 20.8 Å². The van der Waals surface area contributed by atoms with Gasteiger partial charge in [0, 0.05) is 12.1 Å². The molecule has 0 amide bonds. The zero-order chi connectivity index (χ0) is 7.78. The molecular weight excluding hydrogens is 130 g/mol. The van der Waals surface area contributed by atoms with Gasteiger partial charge in [0.1, 0.15) is 0 Å². The first-order valence-corrected chi connectivity index (χ1v) is 3.48. The standard InChI is InChI=1S/C7H13NO2/c1-7(2,3)8-5-4-6(9)10-8/h4-5H2,1-3H3. The van der Waals surface area contributed by atoms with Crippen molar-refractivity contribution < 1.29 is 9.63 Å². The fourth-order valence-electron chi connectivity index (χ4n) is 0.879. The number of carbonyl (C=O) groups excluding carboxylic acids is 1. The molecule has 3 nitrogen and oxygen atoms in total. The van der Waals surface area contributed by atoms with E-state index in [1.54, 1.807) is 5.06 Å². The molecule has 0 saturated carbocycles. The minimum absolute atomic E-state index is 0.0494. The van der Waals surface area contributed by atoms with Crippen LogP contribution in [0.4, 0.5) is 0 Å². The molecule has 0 unspecified atom stereocenters. The summed E-state index contributed by atoms with van der Waals surface area (Å²) in [6, 6.07) is 0. The highest BCUT2D eigenvalue weighted by Crippen LogP contribution is 2.18. The summed E-state index contributed by atoms with van der Waals surface area (Å²) in [5, 5.41) is 1.72. The van der Waals surface area contributed by atoms with Gasteiger partial charge in [-0.1, -0.05) is 0 Å². The van der Waals surface area contributed by atoms with E-state index >= 15 is 0 Å². The summed E-state index contributed by atoms with van der Waals surface area (Å²) in [6.45, 7) is 6.78. The number of hydrogen-bond acceptors (Lipinski definition) is 3. The average molecular weight is 143 g/mol. The van der Waals surface area contributed by atoms with Crippen molar-refractivity contribution in [1.82, 2.24) is 5.06 Å². The summed E-state index contributed by atoms with van der Waals surface area (Å²) in [4.78, 5) is 15.6. The molecular formula is C7H13NO2. The van der Waals surface area contributed by atoms with Gasteiger partial charge in [0.2, 0.25) is 0 Å². The first-order chi connectivity index (χ1) is 4.50. The van der Waals surface area contributed by atoms with Crippen molar-refractivity contribution in [2.45, 2.75) is 32.7 Å². The average Bonchev–Trinajstić information content (AvgIpc) is 2.11. The Morgan fingerprint density at radius 3 is 2.30 bits per heavy atom. The molecule has 1 saturated heterocycles. The highest BCUT2D eigenvalue weighted by atomic mass is 16.7. The van der Waals surface area contributed by atoms with Crippen molar-refractivity contribution in [3.05, 3.63) is 0 Å². The SMILES string of the molecule is CC(C)(C)N1CCC(=O)O1. The highest BCUT2D eigenvalue weighted by Gasteiger charge is 2.30. The summed E-state index contributed by atoms with van der Waals surface area (Å²) in [6.07, 6.45) is 0.525. The van der Waals surface area contributed by atoms with Crippen LogP contribution < -0.4 is 0 Å². The molecule has 1 aliphatic rings. The van der Waals surface area contributed by atoms with E-state index in [-0.39, 0.29) is 11.5 Å². The molecule has 1 fully saturated rings. The number of nitrogens with zero attached hydrogens (tertiary/aromatic N) is 1. The second-order valence-electron chi connectivity index (χ2n) is 3.49. The molecule has 1 heterocycles. The van der Waals surface area contributed by atoms with Gasteiger partial charge in [0.15, 0.2) is 0 Å². The Morgan fingerprint density at radius 2 is 2.10 bits per heavy atom. The summed E-state index contributed by atoms with van der Waals surface area (Å²) >= 11 is 0. The van der Waals surface area contributed by atoms with Gasteiger partial charge in [0.05, 0.1) is 6.42 Å². The van der Waals surface area contributed by atoms with Crippen molar-refractivity contribution in [2.24, 2.45) is 0 Å². The molecule has 0 aromatic carbocycles. The van der Waals surface area contributed by atoms with Crippen molar-refractivity contribution in [1.29, 1.82) is 0 Å². The molecule has 0 bridgehead atoms. The van der Waals surface area contributed by atoms with Gasteiger partial charge >= 0.3 is 5.97 Å². The van der Waals surface area contributed by atoms with Crippen LogP contribution in [0.25, 0.3) is 0 Å². The lowest BCUT2D eigenvalue weighted by Gasteiger charge is -2.27. The van der Waals surface area contributed by atoms with Gasteiger partial charge in [-0.25, -0.2) is 0 Å². The van der Waals surface area contributed by atoms with Gasteiger partial charge in [-0.05, 0) is 20.8 Å². The van der Waals surface area contributed by atoms with Crippen LogP contribution >= 0.6 is 0 Å². The van der Waals surface area contributed by atoms with Gasteiger partial charge in [-0.3, -0.25) is 4.79 Å². The lowest BCUT2D eigenvalue weighted by atomic mass is 10.1. The largest absolute Gasteiger partial charge is 0.367 e. The molecule has 1 aliphatic heterocycles. The van der Waals surface area contributed by atoms with Gasteiger partial charge in [-0.2, -0.15) is 0 Å². The summed E-state index contributed by atoms with van der Waals surface area (Å²) in [5.41, 5.74) is -0.0494. The predicted octanol–water partition coefficient (Wildman–Crippen LogP) is 0.949. The normalized spacial score (nSPS) is 21.3. The maximum Gasteiger partial charge on any atom is 0.326 e. The van der Waals surface area contributed by atoms with Crippen molar-refractivity contribution in [2.75, 3.05) is 6.54 Å². The third kappa shape index (κ3) is 1.48. The Morgan fingerprint density at radius 1 is 1.50 bits per heavy atom. The van der Waals surface area contributed by atoms with Crippen LogP contribution in [0.1, 0.15) is 27.2 Å². The molecule has 1 rings (SSSR count). The molecule has 0 aliphatic carbocycles. The minimum atomic E-state index is -0.116. The first-order valence-electron chi connectivity index (χ1n) is 3.48. The number of carbonyl (C=O) groups is 1. The van der Waals surface area contributed by atoms with Crippen molar-refractivity contribution >= 4 is 5.97 Å². The van der Waals surface area contributed by atoms with Crippen LogP contribution in [-0.4, -0.2) is 23.1 Å². The Balaban J connectivity index is 2.53. The third-order valence-electron chi connectivity index (χ3n) is 1.48. The van der Waals surface area contributed by atoms with Crippen LogP contribution in [0.5, 0.6) is 0 Å². The van der Waals surface area contributed by atoms with Crippen LogP contribution in [0.15, 0.2) is 0 Å². The van der Waals surface area contributed by atoms with Crippen molar-refractivity contribution in [3.63, 3.8) is 0 Å². The van der Waals surface area contributed by atoms with Crippen LogP contribution in [-0.2, 0) is 9.63 Å². The van der Waals surface area contributed by atoms with Gasteiger partial charge < -0.3 is 4.84 Å². The fourth-order valence-corrected chi connectivity index (χ4v) is 0.879. The molecule has 3 heteroatoms. The van der Waals surface area contributed by atoms with E-state index in [4.69, 9.17) is 4.84 Å². The molecule has 58 valence electrons. The van der Waals surface area contributed by atoms with Crippen LogP contribution in [0.3, 0.4) is 0 Å². The van der Waals surface area contributed by atoms with Gasteiger partial charge in [-0.15, -0.1) is 5.06 Å². The smallest absolute Gasteiger partial charge is 0.326 e.